The van der Waals surface area contributed by atoms with E-state index in [0.717, 1.165) is 24.2 Å². The maximum Gasteiger partial charge on any atom is 0.340 e. The number of amides is 2. The Kier molecular flexibility index (Phi) is 5.91. The van der Waals surface area contributed by atoms with Gasteiger partial charge in [-0.05, 0) is 51.0 Å². The van der Waals surface area contributed by atoms with E-state index in [-0.39, 0.29) is 5.91 Å². The van der Waals surface area contributed by atoms with Gasteiger partial charge in [0.2, 0.25) is 5.91 Å². The molecule has 8 nitrogen and oxygen atoms in total. The number of nitrogens with one attached hydrogen (secondary N) is 2. The zero-order valence-corrected chi connectivity index (χ0v) is 17.0. The highest BCUT2D eigenvalue weighted by Gasteiger charge is 2.28. The molecular weight excluding hydrogens is 374 g/mol. The van der Waals surface area contributed by atoms with Crippen LogP contribution < -0.4 is 15.4 Å². The summed E-state index contributed by atoms with van der Waals surface area (Å²) in [6.45, 7) is 4.81. The van der Waals surface area contributed by atoms with Gasteiger partial charge in [-0.15, -0.1) is 0 Å². The molecule has 0 radical (unpaired) electrons. The average molecular weight is 399 g/mol. The Balaban J connectivity index is 1.63. The molecule has 8 heteroatoms. The van der Waals surface area contributed by atoms with Gasteiger partial charge in [-0.1, -0.05) is 0 Å². The molecule has 1 saturated carbocycles. The highest BCUT2D eigenvalue weighted by atomic mass is 16.5. The molecule has 1 aliphatic carbocycles. The number of ether oxygens (including phenoxy) is 2. The molecule has 0 atom stereocenters. The van der Waals surface area contributed by atoms with Crippen molar-refractivity contribution in [2.24, 2.45) is 0 Å². The first-order chi connectivity index (χ1) is 13.8. The van der Waals surface area contributed by atoms with Crippen molar-refractivity contribution in [3.05, 3.63) is 41.2 Å². The van der Waals surface area contributed by atoms with Gasteiger partial charge in [0.05, 0.1) is 18.4 Å². The third-order valence-corrected chi connectivity index (χ3v) is 4.74. The predicted octanol–water partition coefficient (Wildman–Crippen LogP) is 3.20. The van der Waals surface area contributed by atoms with Crippen molar-refractivity contribution < 1.29 is 23.9 Å². The van der Waals surface area contributed by atoms with Gasteiger partial charge in [-0.3, -0.25) is 9.59 Å². The number of nitrogens with zero attached hydrogens (tertiary/aromatic N) is 1. The zero-order chi connectivity index (χ0) is 21.1. The largest absolute Gasteiger partial charge is 0.495 e. The van der Waals surface area contributed by atoms with Gasteiger partial charge in [-0.25, -0.2) is 4.79 Å². The Morgan fingerprint density at radius 2 is 1.86 bits per heavy atom. The predicted molar refractivity (Wildman–Crippen MR) is 108 cm³/mol. The summed E-state index contributed by atoms with van der Waals surface area (Å²) in [4.78, 5) is 36.0. The maximum absolute atomic E-state index is 12.4. The van der Waals surface area contributed by atoms with E-state index in [1.54, 1.807) is 24.3 Å². The fourth-order valence-corrected chi connectivity index (χ4v) is 3.36. The van der Waals surface area contributed by atoms with Crippen molar-refractivity contribution in [1.82, 2.24) is 4.57 Å². The van der Waals surface area contributed by atoms with Crippen LogP contribution in [0.1, 0.15) is 47.6 Å². The van der Waals surface area contributed by atoms with Gasteiger partial charge < -0.3 is 24.7 Å². The summed E-state index contributed by atoms with van der Waals surface area (Å²) >= 11 is 0. The SMILES string of the molecule is COc1ccc(NC(C)=O)cc1NC(=O)COC(=O)c1cc(C)n(C2CC2)c1C. The number of carbonyl (C=O) groups is 3. The molecule has 0 unspecified atom stereocenters. The van der Waals surface area contributed by atoms with Crippen molar-refractivity contribution in [3.8, 4) is 5.75 Å². The lowest BCUT2D eigenvalue weighted by Crippen LogP contribution is -2.21. The standard InChI is InChI=1S/C21H25N3O5/c1-12-9-17(13(2)24(12)16-6-7-16)21(27)29-11-20(26)23-18-10-15(22-14(3)25)5-8-19(18)28-4/h5,8-10,16H,6-7,11H2,1-4H3,(H,22,25)(H,23,26). The molecule has 1 fully saturated rings. The quantitative estimate of drug-likeness (QED) is 0.697. The van der Waals surface area contributed by atoms with Gasteiger partial charge in [0.15, 0.2) is 6.61 Å². The van der Waals surface area contributed by atoms with E-state index in [4.69, 9.17) is 9.47 Å². The van der Waals surface area contributed by atoms with Crippen molar-refractivity contribution in [3.63, 3.8) is 0 Å². The van der Waals surface area contributed by atoms with E-state index in [2.05, 4.69) is 15.2 Å². The van der Waals surface area contributed by atoms with E-state index < -0.39 is 18.5 Å². The van der Waals surface area contributed by atoms with E-state index in [9.17, 15) is 14.4 Å². The lowest BCUT2D eigenvalue weighted by atomic mass is 10.2. The Labute approximate surface area is 169 Å². The van der Waals surface area contributed by atoms with Crippen LogP contribution in [0.25, 0.3) is 0 Å². The van der Waals surface area contributed by atoms with E-state index in [1.807, 2.05) is 13.8 Å². The average Bonchev–Trinajstić information content (AvgIpc) is 3.44. The zero-order valence-electron chi connectivity index (χ0n) is 17.0. The fourth-order valence-electron chi connectivity index (χ4n) is 3.36. The number of anilines is 2. The summed E-state index contributed by atoms with van der Waals surface area (Å²) < 4.78 is 12.6. The van der Waals surface area contributed by atoms with E-state index >= 15 is 0 Å². The van der Waals surface area contributed by atoms with E-state index in [1.165, 1.54) is 14.0 Å². The van der Waals surface area contributed by atoms with Crippen LogP contribution in [-0.4, -0.2) is 36.1 Å². The minimum Gasteiger partial charge on any atom is -0.495 e. The second-order valence-electron chi connectivity index (χ2n) is 7.11. The van der Waals surface area contributed by atoms with Crippen LogP contribution in [0.15, 0.2) is 24.3 Å². The molecule has 0 bridgehead atoms. The normalized spacial score (nSPS) is 13.0. The first-order valence-electron chi connectivity index (χ1n) is 9.41. The molecule has 1 aliphatic rings. The first kappa shape index (κ1) is 20.4. The van der Waals surface area contributed by atoms with Gasteiger partial charge in [0.1, 0.15) is 5.75 Å². The number of aryl methyl sites for hydroxylation is 1. The number of methoxy groups -OCH3 is 1. The number of hydrogen-bond acceptors (Lipinski definition) is 5. The second-order valence-corrected chi connectivity index (χ2v) is 7.11. The maximum atomic E-state index is 12.4. The van der Waals surface area contributed by atoms with Crippen LogP contribution in [0, 0.1) is 13.8 Å². The molecular formula is C21H25N3O5. The summed E-state index contributed by atoms with van der Waals surface area (Å²) in [7, 11) is 1.47. The third kappa shape index (κ3) is 4.77. The molecule has 3 rings (SSSR count). The topological polar surface area (TPSA) is 98.7 Å². The molecule has 1 heterocycles. The molecule has 29 heavy (non-hydrogen) atoms. The smallest absolute Gasteiger partial charge is 0.340 e. The number of aromatic nitrogens is 1. The minimum absolute atomic E-state index is 0.231. The first-order valence-corrected chi connectivity index (χ1v) is 9.41. The third-order valence-electron chi connectivity index (χ3n) is 4.74. The monoisotopic (exact) mass is 399 g/mol. The van der Waals surface area contributed by atoms with Crippen LogP contribution in [-0.2, 0) is 14.3 Å². The number of carbonyl (C=O) groups excluding carboxylic acids is 3. The van der Waals surface area contributed by atoms with Crippen LogP contribution in [0.3, 0.4) is 0 Å². The lowest BCUT2D eigenvalue weighted by molar-refractivity contribution is -0.119. The van der Waals surface area contributed by atoms with Gasteiger partial charge in [0.25, 0.3) is 5.91 Å². The molecule has 154 valence electrons. The molecule has 0 saturated heterocycles. The summed E-state index contributed by atoms with van der Waals surface area (Å²) in [5, 5.41) is 5.28. The molecule has 1 aromatic carbocycles. The molecule has 2 N–H and O–H groups in total. The van der Waals surface area contributed by atoms with Crippen molar-refractivity contribution in [2.45, 2.75) is 39.7 Å². The Bertz CT molecular complexity index is 959. The van der Waals surface area contributed by atoms with Crippen LogP contribution in [0.4, 0.5) is 11.4 Å². The van der Waals surface area contributed by atoms with Crippen LogP contribution in [0.2, 0.25) is 0 Å². The fraction of sp³-hybridized carbons (Fsp3) is 0.381. The van der Waals surface area contributed by atoms with Crippen molar-refractivity contribution in [1.29, 1.82) is 0 Å². The number of rotatable bonds is 7. The molecule has 2 aromatic rings. The number of benzene rings is 1. The summed E-state index contributed by atoms with van der Waals surface area (Å²) in [6.07, 6.45) is 2.24. The second kappa shape index (κ2) is 8.38. The lowest BCUT2D eigenvalue weighted by Gasteiger charge is -2.12. The highest BCUT2D eigenvalue weighted by Crippen LogP contribution is 2.38. The van der Waals surface area contributed by atoms with Crippen molar-refractivity contribution >= 4 is 29.2 Å². The van der Waals surface area contributed by atoms with Crippen molar-refractivity contribution in [2.75, 3.05) is 24.4 Å². The van der Waals surface area contributed by atoms with Gasteiger partial charge in [-0.2, -0.15) is 0 Å². The minimum atomic E-state index is -0.529. The summed E-state index contributed by atoms with van der Waals surface area (Å²) in [6, 6.07) is 7.12. The Morgan fingerprint density at radius 1 is 1.14 bits per heavy atom. The molecule has 1 aromatic heterocycles. The van der Waals surface area contributed by atoms with Gasteiger partial charge in [0, 0.05) is 30.0 Å². The molecule has 2 amide bonds. The Hall–Kier alpha value is -3.29. The van der Waals surface area contributed by atoms with Crippen LogP contribution >= 0.6 is 0 Å². The molecule has 0 spiro atoms. The molecule has 0 aliphatic heterocycles. The number of esters is 1. The highest BCUT2D eigenvalue weighted by molar-refractivity contribution is 5.98. The van der Waals surface area contributed by atoms with E-state index in [0.29, 0.717) is 28.7 Å². The summed E-state index contributed by atoms with van der Waals surface area (Å²) in [5.41, 5.74) is 3.23. The van der Waals surface area contributed by atoms with Gasteiger partial charge >= 0.3 is 5.97 Å². The van der Waals surface area contributed by atoms with Crippen LogP contribution in [0.5, 0.6) is 5.75 Å². The summed E-state index contributed by atoms with van der Waals surface area (Å²) in [5.74, 6) is -0.844. The number of hydrogen-bond donors (Lipinski definition) is 2. The Morgan fingerprint density at radius 3 is 2.48 bits per heavy atom.